The van der Waals surface area contributed by atoms with Crippen LogP contribution in [-0.2, 0) is 0 Å². The maximum absolute atomic E-state index is 6.40. The molecular weight excluding hydrogens is 599 g/mol. The van der Waals surface area contributed by atoms with Gasteiger partial charge < -0.3 is 4.42 Å². The van der Waals surface area contributed by atoms with E-state index in [0.29, 0.717) is 17.5 Å². The highest BCUT2D eigenvalue weighted by atomic mass is 16.3. The molecule has 8 aromatic carbocycles. The van der Waals surface area contributed by atoms with E-state index in [1.165, 1.54) is 21.5 Å². The van der Waals surface area contributed by atoms with Crippen LogP contribution in [-0.4, -0.2) is 15.0 Å². The average molecular weight is 626 g/mol. The van der Waals surface area contributed by atoms with Crippen molar-refractivity contribution in [1.82, 2.24) is 15.0 Å². The molecule has 10 aromatic rings. The molecule has 4 nitrogen and oxygen atoms in total. The molecule has 0 amide bonds. The lowest BCUT2D eigenvalue weighted by Crippen LogP contribution is -2.00. The van der Waals surface area contributed by atoms with Crippen molar-refractivity contribution in [2.75, 3.05) is 0 Å². The van der Waals surface area contributed by atoms with Crippen LogP contribution in [0.3, 0.4) is 0 Å². The summed E-state index contributed by atoms with van der Waals surface area (Å²) < 4.78 is 6.40. The molecule has 0 bridgehead atoms. The molecule has 10 rings (SSSR count). The monoisotopic (exact) mass is 625 g/mol. The van der Waals surface area contributed by atoms with Gasteiger partial charge in [0.15, 0.2) is 17.5 Å². The zero-order chi connectivity index (χ0) is 32.3. The van der Waals surface area contributed by atoms with Crippen molar-refractivity contribution in [2.24, 2.45) is 0 Å². The van der Waals surface area contributed by atoms with Crippen LogP contribution in [0.2, 0.25) is 0 Å². The van der Waals surface area contributed by atoms with Gasteiger partial charge in [-0.05, 0) is 62.3 Å². The van der Waals surface area contributed by atoms with Gasteiger partial charge in [0, 0.05) is 32.8 Å². The summed E-state index contributed by atoms with van der Waals surface area (Å²) in [6.07, 6.45) is 0. The lowest BCUT2D eigenvalue weighted by molar-refractivity contribution is 0.669. The second-order valence-corrected chi connectivity index (χ2v) is 12.4. The molecule has 0 saturated heterocycles. The SMILES string of the molecule is c1ccc(-c2nc(-c3ccccc3)nc(-c3cccc4cc(-c5ccc6oc7ccc8ccc9ccccc9c8c7c6c5)ccc34)n2)cc1. The Kier molecular flexibility index (Phi) is 6.15. The molecule has 0 aliphatic rings. The Morgan fingerprint density at radius 2 is 0.939 bits per heavy atom. The molecule has 0 saturated carbocycles. The lowest BCUT2D eigenvalue weighted by Gasteiger charge is -2.11. The summed E-state index contributed by atoms with van der Waals surface area (Å²) in [6, 6.07) is 56.9. The summed E-state index contributed by atoms with van der Waals surface area (Å²) in [5.41, 5.74) is 6.94. The second-order valence-electron chi connectivity index (χ2n) is 12.4. The molecule has 0 aliphatic carbocycles. The largest absolute Gasteiger partial charge is 0.456 e. The minimum Gasteiger partial charge on any atom is -0.456 e. The van der Waals surface area contributed by atoms with E-state index in [4.69, 9.17) is 19.4 Å². The number of benzene rings is 8. The number of aromatic nitrogens is 3. The summed E-state index contributed by atoms with van der Waals surface area (Å²) in [5, 5.41) is 9.39. The van der Waals surface area contributed by atoms with Crippen LogP contribution in [0.15, 0.2) is 168 Å². The molecule has 0 atom stereocenters. The van der Waals surface area contributed by atoms with E-state index in [-0.39, 0.29) is 0 Å². The number of hydrogen-bond acceptors (Lipinski definition) is 4. The standard InChI is InChI=1S/C45H27N3O/c1-3-11-30(12-4-1)43-46-44(31-13-5-2-6-14-31)48-45(47-43)37-17-9-15-34-26-32(20-23-35(34)37)33-22-24-39-38(27-33)42-40(49-39)25-21-29-19-18-28-10-7-8-16-36(28)41(29)42/h1-27H. The van der Waals surface area contributed by atoms with Gasteiger partial charge in [-0.15, -0.1) is 0 Å². The molecule has 0 unspecified atom stereocenters. The maximum Gasteiger partial charge on any atom is 0.164 e. The van der Waals surface area contributed by atoms with Gasteiger partial charge in [0.2, 0.25) is 0 Å². The average Bonchev–Trinajstić information content (AvgIpc) is 3.56. The maximum atomic E-state index is 6.40. The third kappa shape index (κ3) is 4.57. The van der Waals surface area contributed by atoms with E-state index < -0.39 is 0 Å². The molecule has 0 aliphatic heterocycles. The molecule has 228 valence electrons. The second kappa shape index (κ2) is 11.0. The van der Waals surface area contributed by atoms with Crippen LogP contribution >= 0.6 is 0 Å². The van der Waals surface area contributed by atoms with Gasteiger partial charge in [-0.25, -0.2) is 15.0 Å². The summed E-state index contributed by atoms with van der Waals surface area (Å²) in [5.74, 6) is 1.95. The van der Waals surface area contributed by atoms with E-state index in [0.717, 1.165) is 60.5 Å². The number of nitrogens with zero attached hydrogens (tertiary/aromatic N) is 3. The van der Waals surface area contributed by atoms with Gasteiger partial charge in [0.05, 0.1) is 0 Å². The van der Waals surface area contributed by atoms with Crippen LogP contribution in [0.1, 0.15) is 0 Å². The first-order chi connectivity index (χ1) is 24.3. The highest BCUT2D eigenvalue weighted by Crippen LogP contribution is 2.40. The number of furan rings is 1. The molecule has 0 spiro atoms. The summed E-state index contributed by atoms with van der Waals surface area (Å²) in [6.45, 7) is 0. The predicted octanol–water partition coefficient (Wildman–Crippen LogP) is 11.9. The van der Waals surface area contributed by atoms with Gasteiger partial charge in [0.25, 0.3) is 0 Å². The van der Waals surface area contributed by atoms with E-state index >= 15 is 0 Å². The summed E-state index contributed by atoms with van der Waals surface area (Å²) in [7, 11) is 0. The van der Waals surface area contributed by atoms with E-state index in [1.54, 1.807) is 0 Å². The fraction of sp³-hybridized carbons (Fsp3) is 0. The Labute approximate surface area is 282 Å². The zero-order valence-corrected chi connectivity index (χ0v) is 26.3. The normalized spacial score (nSPS) is 11.7. The minimum atomic E-state index is 0.649. The van der Waals surface area contributed by atoms with Crippen molar-refractivity contribution in [1.29, 1.82) is 0 Å². The Balaban J connectivity index is 1.13. The summed E-state index contributed by atoms with van der Waals surface area (Å²) >= 11 is 0. The first-order valence-electron chi connectivity index (χ1n) is 16.4. The molecule has 0 radical (unpaired) electrons. The van der Waals surface area contributed by atoms with E-state index in [9.17, 15) is 0 Å². The van der Waals surface area contributed by atoms with Crippen molar-refractivity contribution < 1.29 is 4.42 Å². The van der Waals surface area contributed by atoms with Gasteiger partial charge >= 0.3 is 0 Å². The van der Waals surface area contributed by atoms with Crippen molar-refractivity contribution >= 4 is 54.3 Å². The molecule has 2 aromatic heterocycles. The highest BCUT2D eigenvalue weighted by Gasteiger charge is 2.16. The molecule has 4 heteroatoms. The van der Waals surface area contributed by atoms with Crippen molar-refractivity contribution in [2.45, 2.75) is 0 Å². The first-order valence-corrected chi connectivity index (χ1v) is 16.4. The molecular formula is C45H27N3O. The highest BCUT2D eigenvalue weighted by molar-refractivity contribution is 6.26. The third-order valence-corrected chi connectivity index (χ3v) is 9.49. The fourth-order valence-electron chi connectivity index (χ4n) is 7.13. The topological polar surface area (TPSA) is 51.8 Å². The summed E-state index contributed by atoms with van der Waals surface area (Å²) in [4.78, 5) is 14.9. The van der Waals surface area contributed by atoms with Gasteiger partial charge in [0.1, 0.15) is 11.2 Å². The lowest BCUT2D eigenvalue weighted by atomic mass is 9.95. The van der Waals surface area contributed by atoms with Gasteiger partial charge in [-0.1, -0.05) is 140 Å². The van der Waals surface area contributed by atoms with E-state index in [1.807, 2.05) is 60.7 Å². The van der Waals surface area contributed by atoms with E-state index in [2.05, 4.69) is 103 Å². The van der Waals surface area contributed by atoms with Crippen LogP contribution in [0.25, 0.3) is 99.5 Å². The fourth-order valence-corrected chi connectivity index (χ4v) is 7.13. The quantitative estimate of drug-likeness (QED) is 0.183. The van der Waals surface area contributed by atoms with Crippen LogP contribution < -0.4 is 0 Å². The Bertz CT molecular complexity index is 2820. The van der Waals surface area contributed by atoms with Crippen LogP contribution in [0, 0.1) is 0 Å². The smallest absolute Gasteiger partial charge is 0.164 e. The molecule has 0 N–H and O–H groups in total. The van der Waals surface area contributed by atoms with Crippen molar-refractivity contribution in [3.8, 4) is 45.3 Å². The van der Waals surface area contributed by atoms with Crippen molar-refractivity contribution in [3.05, 3.63) is 164 Å². The number of hydrogen-bond donors (Lipinski definition) is 0. The Hall–Kier alpha value is -6.65. The predicted molar refractivity (Wildman–Crippen MR) is 201 cm³/mol. The Morgan fingerprint density at radius 3 is 1.73 bits per heavy atom. The van der Waals surface area contributed by atoms with Gasteiger partial charge in [-0.3, -0.25) is 0 Å². The molecule has 2 heterocycles. The van der Waals surface area contributed by atoms with Gasteiger partial charge in [-0.2, -0.15) is 0 Å². The number of fused-ring (bicyclic) bond motifs is 8. The zero-order valence-electron chi connectivity index (χ0n) is 26.3. The van der Waals surface area contributed by atoms with Crippen molar-refractivity contribution in [3.63, 3.8) is 0 Å². The minimum absolute atomic E-state index is 0.649. The Morgan fingerprint density at radius 1 is 0.327 bits per heavy atom. The molecule has 0 fully saturated rings. The molecule has 49 heavy (non-hydrogen) atoms. The third-order valence-electron chi connectivity index (χ3n) is 9.49. The van der Waals surface area contributed by atoms with Crippen LogP contribution in [0.5, 0.6) is 0 Å². The first kappa shape index (κ1) is 27.5. The number of rotatable bonds is 4. The van der Waals surface area contributed by atoms with Crippen LogP contribution in [0.4, 0.5) is 0 Å².